The van der Waals surface area contributed by atoms with Crippen molar-refractivity contribution < 1.29 is 19.8 Å². The van der Waals surface area contributed by atoms with Gasteiger partial charge in [0.05, 0.1) is 33.5 Å². The molecule has 0 unspecified atom stereocenters. The molecule has 178 valence electrons. The van der Waals surface area contributed by atoms with Gasteiger partial charge in [0.2, 0.25) is 0 Å². The van der Waals surface area contributed by atoms with E-state index in [1.807, 2.05) is 52.5 Å². The van der Waals surface area contributed by atoms with Gasteiger partial charge in [0.15, 0.2) is 5.84 Å². The molecule has 0 aliphatic heterocycles. The number of oxime groups is 1. The number of benzene rings is 1. The molecule has 0 spiro atoms. The normalized spacial score (nSPS) is 19.8. The Labute approximate surface area is 206 Å². The first-order valence-corrected chi connectivity index (χ1v) is 12.0. The molecule has 3 N–H and O–H groups in total. The standard InChI is InChI=1S/C23H30IN5O4/c1-4-33-21-13-19-15(14-29(26-19)16-8-10-17(30)11-9-16)12-20(21)25-23(31)18(24)6-5-7-22(27-32)28(2)3/h5-7,12-14,16-17,30,32H,4,8-11H2,1-3H3,(H,25,31)/b7-5-,18-6-,27-22-/t16-,17-. The summed E-state index contributed by atoms with van der Waals surface area (Å²) in [7, 11) is 3.51. The van der Waals surface area contributed by atoms with E-state index in [-0.39, 0.29) is 18.1 Å². The monoisotopic (exact) mass is 567 g/mol. The first kappa shape index (κ1) is 25.0. The van der Waals surface area contributed by atoms with Crippen molar-refractivity contribution in [1.29, 1.82) is 0 Å². The Kier molecular flexibility index (Phi) is 8.73. The predicted octanol–water partition coefficient (Wildman–Crippen LogP) is 4.07. The van der Waals surface area contributed by atoms with Gasteiger partial charge >= 0.3 is 0 Å². The number of halogens is 1. The molecule has 0 radical (unpaired) electrons. The van der Waals surface area contributed by atoms with Crippen LogP contribution in [0.3, 0.4) is 0 Å². The van der Waals surface area contributed by atoms with E-state index in [4.69, 9.17) is 15.0 Å². The second kappa shape index (κ2) is 11.5. The Hall–Kier alpha value is -2.60. The molecule has 2 aromatic rings. The van der Waals surface area contributed by atoms with Crippen molar-refractivity contribution in [2.45, 2.75) is 44.8 Å². The number of fused-ring (bicyclic) bond motifs is 1. The van der Waals surface area contributed by atoms with Crippen molar-refractivity contribution in [2.75, 3.05) is 26.0 Å². The van der Waals surface area contributed by atoms with Gasteiger partial charge in [0, 0.05) is 31.7 Å². The number of aliphatic hydroxyl groups is 1. The summed E-state index contributed by atoms with van der Waals surface area (Å²) in [5.74, 6) is 0.649. The van der Waals surface area contributed by atoms with Gasteiger partial charge in [-0.3, -0.25) is 9.48 Å². The fraction of sp³-hybridized carbons (Fsp3) is 0.435. The number of carbonyl (C=O) groups is 1. The second-order valence-corrected chi connectivity index (χ2v) is 9.25. The topological polar surface area (TPSA) is 112 Å². The van der Waals surface area contributed by atoms with Gasteiger partial charge in [0.25, 0.3) is 5.91 Å². The molecule has 33 heavy (non-hydrogen) atoms. The Balaban J connectivity index is 1.80. The van der Waals surface area contributed by atoms with E-state index in [9.17, 15) is 9.90 Å². The maximum absolute atomic E-state index is 12.8. The summed E-state index contributed by atoms with van der Waals surface area (Å²) in [6.07, 6.45) is 10.0. The zero-order chi connectivity index (χ0) is 24.0. The predicted molar refractivity (Wildman–Crippen MR) is 137 cm³/mol. The summed E-state index contributed by atoms with van der Waals surface area (Å²) in [6, 6.07) is 3.99. The molecule has 0 bridgehead atoms. The largest absolute Gasteiger partial charge is 0.492 e. The smallest absolute Gasteiger partial charge is 0.261 e. The number of anilines is 1. The molecule has 1 aromatic carbocycles. The number of ether oxygens (including phenoxy) is 1. The Morgan fingerprint density at radius 2 is 2.09 bits per heavy atom. The summed E-state index contributed by atoms with van der Waals surface area (Å²) < 4.78 is 8.19. The lowest BCUT2D eigenvalue weighted by Gasteiger charge is -2.25. The zero-order valence-corrected chi connectivity index (χ0v) is 21.2. The van der Waals surface area contributed by atoms with Gasteiger partial charge in [-0.15, -0.1) is 0 Å². The third-order valence-electron chi connectivity index (χ3n) is 5.48. The SMILES string of the molecule is CCOc1cc2nn([C@H]3CC[C@H](O)CC3)cc2cc1NC(=O)/C(I)=C/C=C\C(=N\O)N(C)C. The first-order valence-electron chi connectivity index (χ1n) is 10.9. The summed E-state index contributed by atoms with van der Waals surface area (Å²) in [5.41, 5.74) is 1.38. The molecule has 0 saturated heterocycles. The van der Waals surface area contributed by atoms with Gasteiger partial charge in [0.1, 0.15) is 5.75 Å². The minimum absolute atomic E-state index is 0.214. The summed E-state index contributed by atoms with van der Waals surface area (Å²) >= 11 is 1.96. The zero-order valence-electron chi connectivity index (χ0n) is 19.0. The molecule has 1 aliphatic carbocycles. The van der Waals surface area contributed by atoms with Gasteiger partial charge in [-0.1, -0.05) is 11.2 Å². The number of hydrogen-bond acceptors (Lipinski definition) is 6. The fourth-order valence-electron chi connectivity index (χ4n) is 3.70. The highest BCUT2D eigenvalue weighted by Gasteiger charge is 2.22. The number of amides is 1. The Morgan fingerprint density at radius 3 is 2.73 bits per heavy atom. The maximum Gasteiger partial charge on any atom is 0.261 e. The molecular formula is C23H30IN5O4. The van der Waals surface area contributed by atoms with Crippen LogP contribution in [-0.4, -0.2) is 63.5 Å². The van der Waals surface area contributed by atoms with Crippen LogP contribution in [0.2, 0.25) is 0 Å². The number of allylic oxidation sites excluding steroid dienone is 2. The average Bonchev–Trinajstić information content (AvgIpc) is 3.19. The average molecular weight is 567 g/mol. The minimum Gasteiger partial charge on any atom is -0.492 e. The van der Waals surface area contributed by atoms with E-state index in [2.05, 4.69) is 10.5 Å². The number of nitrogens with one attached hydrogen (secondary N) is 1. The van der Waals surface area contributed by atoms with Crippen LogP contribution in [0, 0.1) is 0 Å². The lowest BCUT2D eigenvalue weighted by molar-refractivity contribution is -0.112. The molecule has 9 nitrogen and oxygen atoms in total. The van der Waals surface area contributed by atoms with Gasteiger partial charge < -0.3 is 25.3 Å². The van der Waals surface area contributed by atoms with Gasteiger partial charge in [-0.2, -0.15) is 5.10 Å². The van der Waals surface area contributed by atoms with Crippen molar-refractivity contribution in [1.82, 2.24) is 14.7 Å². The van der Waals surface area contributed by atoms with Crippen molar-refractivity contribution in [3.05, 3.63) is 40.1 Å². The third-order valence-corrected chi connectivity index (χ3v) is 6.33. The van der Waals surface area contributed by atoms with E-state index in [1.54, 1.807) is 37.2 Å². The summed E-state index contributed by atoms with van der Waals surface area (Å²) in [5, 5.41) is 30.5. The van der Waals surface area contributed by atoms with Crippen molar-refractivity contribution in [2.24, 2.45) is 5.16 Å². The van der Waals surface area contributed by atoms with Gasteiger partial charge in [-0.05, 0) is 73.4 Å². The van der Waals surface area contributed by atoms with E-state index in [1.165, 1.54) is 0 Å². The van der Waals surface area contributed by atoms with Crippen LogP contribution < -0.4 is 10.1 Å². The summed E-state index contributed by atoms with van der Waals surface area (Å²) in [6.45, 7) is 2.35. The summed E-state index contributed by atoms with van der Waals surface area (Å²) in [4.78, 5) is 14.4. The van der Waals surface area contributed by atoms with E-state index < -0.39 is 0 Å². The number of rotatable bonds is 7. The highest BCUT2D eigenvalue weighted by atomic mass is 127. The number of carbonyl (C=O) groups excluding carboxylic acids is 1. The van der Waals surface area contributed by atoms with Crippen LogP contribution in [0.25, 0.3) is 10.9 Å². The molecular weight excluding hydrogens is 537 g/mol. The number of amidine groups is 1. The molecule has 1 fully saturated rings. The number of likely N-dealkylation sites (N-methyl/N-ethyl adjacent to an activating group) is 1. The highest BCUT2D eigenvalue weighted by molar-refractivity contribution is 14.1. The van der Waals surface area contributed by atoms with E-state index in [0.29, 0.717) is 27.5 Å². The van der Waals surface area contributed by atoms with Crippen LogP contribution in [0.5, 0.6) is 5.75 Å². The molecule has 1 aliphatic rings. The van der Waals surface area contributed by atoms with Crippen LogP contribution >= 0.6 is 22.6 Å². The maximum atomic E-state index is 12.8. The molecule has 1 amide bonds. The molecule has 1 aromatic heterocycles. The molecule has 10 heteroatoms. The minimum atomic E-state index is -0.276. The quantitative estimate of drug-likeness (QED) is 0.0885. The second-order valence-electron chi connectivity index (χ2n) is 8.09. The van der Waals surface area contributed by atoms with Crippen LogP contribution in [0.4, 0.5) is 5.69 Å². The molecule has 0 atom stereocenters. The number of hydrogen-bond donors (Lipinski definition) is 3. The van der Waals surface area contributed by atoms with Crippen molar-refractivity contribution in [3.63, 3.8) is 0 Å². The van der Waals surface area contributed by atoms with Crippen molar-refractivity contribution >= 4 is 50.9 Å². The van der Waals surface area contributed by atoms with Crippen LogP contribution in [-0.2, 0) is 4.79 Å². The van der Waals surface area contributed by atoms with Crippen LogP contribution in [0.1, 0.15) is 38.6 Å². The fourth-order valence-corrected chi connectivity index (χ4v) is 4.04. The molecule has 1 saturated carbocycles. The van der Waals surface area contributed by atoms with Crippen molar-refractivity contribution in [3.8, 4) is 5.75 Å². The van der Waals surface area contributed by atoms with Gasteiger partial charge in [-0.25, -0.2) is 0 Å². The number of aromatic nitrogens is 2. The Morgan fingerprint density at radius 1 is 1.36 bits per heavy atom. The van der Waals surface area contributed by atoms with Crippen LogP contribution in [0.15, 0.2) is 45.3 Å². The number of nitrogens with zero attached hydrogens (tertiary/aromatic N) is 4. The first-order chi connectivity index (χ1) is 15.8. The lowest BCUT2D eigenvalue weighted by atomic mass is 9.93. The third kappa shape index (κ3) is 6.47. The highest BCUT2D eigenvalue weighted by Crippen LogP contribution is 2.34. The van der Waals surface area contributed by atoms with E-state index >= 15 is 0 Å². The molecule has 1 heterocycles. The Bertz CT molecular complexity index is 1070. The lowest BCUT2D eigenvalue weighted by Crippen LogP contribution is -2.21. The molecule has 3 rings (SSSR count). The number of aliphatic hydroxyl groups excluding tert-OH is 1. The van der Waals surface area contributed by atoms with E-state index in [0.717, 1.165) is 36.6 Å².